The number of anilines is 1. The monoisotopic (exact) mass is 591 g/mol. The molecule has 1 aliphatic rings. The molecule has 0 aliphatic heterocycles. The molecule has 1 saturated carbocycles. The predicted octanol–water partition coefficient (Wildman–Crippen LogP) is 5.37. The number of methoxy groups -OCH3 is 1. The van der Waals surface area contributed by atoms with E-state index in [4.69, 9.17) is 4.74 Å². The lowest BCUT2D eigenvalue weighted by Gasteiger charge is -2.34. The lowest BCUT2D eigenvalue weighted by atomic mass is 10.1. The van der Waals surface area contributed by atoms with E-state index < -0.39 is 28.5 Å². The van der Waals surface area contributed by atoms with E-state index in [1.165, 1.54) is 24.1 Å². The number of hydrogen-bond donors (Lipinski definition) is 1. The number of rotatable bonds is 12. The van der Waals surface area contributed by atoms with E-state index in [2.05, 4.69) is 5.32 Å². The van der Waals surface area contributed by atoms with Crippen molar-refractivity contribution in [2.24, 2.45) is 0 Å². The summed E-state index contributed by atoms with van der Waals surface area (Å²) in [6.45, 7) is 5.49. The smallest absolute Gasteiger partial charge is 0.264 e. The first-order valence-corrected chi connectivity index (χ1v) is 15.9. The number of hydrogen-bond acceptors (Lipinski definition) is 5. The van der Waals surface area contributed by atoms with E-state index >= 15 is 0 Å². The molecular formula is C33H41N3O5S. The minimum Gasteiger partial charge on any atom is -0.497 e. The molecule has 2 amide bonds. The van der Waals surface area contributed by atoms with Gasteiger partial charge in [-0.15, -0.1) is 0 Å². The fourth-order valence-corrected chi connectivity index (χ4v) is 6.71. The van der Waals surface area contributed by atoms with Crippen LogP contribution in [0.1, 0.15) is 55.7 Å². The van der Waals surface area contributed by atoms with Gasteiger partial charge in [0.25, 0.3) is 10.0 Å². The molecule has 224 valence electrons. The van der Waals surface area contributed by atoms with Crippen LogP contribution in [0.4, 0.5) is 5.69 Å². The number of nitrogens with zero attached hydrogens (tertiary/aromatic N) is 2. The van der Waals surface area contributed by atoms with E-state index in [9.17, 15) is 18.0 Å². The third-order valence-corrected chi connectivity index (χ3v) is 9.60. The average molecular weight is 592 g/mol. The number of amides is 2. The zero-order valence-electron chi connectivity index (χ0n) is 24.9. The number of carbonyl (C=O) groups excluding carboxylic acids is 2. The summed E-state index contributed by atoms with van der Waals surface area (Å²) in [7, 11) is -2.63. The molecule has 42 heavy (non-hydrogen) atoms. The van der Waals surface area contributed by atoms with Gasteiger partial charge in [0.05, 0.1) is 17.7 Å². The highest BCUT2D eigenvalue weighted by molar-refractivity contribution is 7.92. The molecule has 0 heterocycles. The first-order chi connectivity index (χ1) is 20.1. The SMILES string of the molecule is CCC(C(=O)NC1CCCC1)N(Cc1ccc(C)cc1)C(=O)CN(c1ccc(C)cc1)S(=O)(=O)c1ccc(OC)cc1. The van der Waals surface area contributed by atoms with E-state index in [0.717, 1.165) is 46.7 Å². The van der Waals surface area contributed by atoms with Crippen LogP contribution in [0, 0.1) is 13.8 Å². The highest BCUT2D eigenvalue weighted by Gasteiger charge is 2.34. The summed E-state index contributed by atoms with van der Waals surface area (Å²) in [4.78, 5) is 29.3. The van der Waals surface area contributed by atoms with E-state index in [1.54, 1.807) is 24.3 Å². The van der Waals surface area contributed by atoms with Gasteiger partial charge in [-0.1, -0.05) is 67.3 Å². The molecule has 3 aromatic rings. The molecule has 0 saturated heterocycles. The quantitative estimate of drug-likeness (QED) is 0.305. The Labute approximate surface area is 249 Å². The zero-order valence-corrected chi connectivity index (χ0v) is 25.7. The van der Waals surface area contributed by atoms with Crippen molar-refractivity contribution >= 4 is 27.5 Å². The molecule has 9 heteroatoms. The van der Waals surface area contributed by atoms with Gasteiger partial charge in [0, 0.05) is 12.6 Å². The maximum absolute atomic E-state index is 14.2. The second kappa shape index (κ2) is 13.9. The Hall–Kier alpha value is -3.85. The first-order valence-electron chi connectivity index (χ1n) is 14.5. The second-order valence-electron chi connectivity index (χ2n) is 10.9. The van der Waals surface area contributed by atoms with Crippen molar-refractivity contribution in [1.29, 1.82) is 0 Å². The van der Waals surface area contributed by atoms with Crippen LogP contribution in [0.25, 0.3) is 0 Å². The average Bonchev–Trinajstić information content (AvgIpc) is 3.50. The Morgan fingerprint density at radius 1 is 0.905 bits per heavy atom. The maximum Gasteiger partial charge on any atom is 0.264 e. The number of carbonyl (C=O) groups is 2. The van der Waals surface area contributed by atoms with Gasteiger partial charge in [0.2, 0.25) is 11.8 Å². The summed E-state index contributed by atoms with van der Waals surface area (Å²) in [6.07, 6.45) is 4.39. The lowest BCUT2D eigenvalue weighted by molar-refractivity contribution is -0.140. The van der Waals surface area contributed by atoms with Crippen molar-refractivity contribution in [3.63, 3.8) is 0 Å². The van der Waals surface area contributed by atoms with Gasteiger partial charge in [0.15, 0.2) is 0 Å². The van der Waals surface area contributed by atoms with Gasteiger partial charge in [-0.3, -0.25) is 13.9 Å². The fraction of sp³-hybridized carbons (Fsp3) is 0.394. The first kappa shape index (κ1) is 31.1. The van der Waals surface area contributed by atoms with Crippen molar-refractivity contribution < 1.29 is 22.7 Å². The molecular weight excluding hydrogens is 550 g/mol. The number of nitrogens with one attached hydrogen (secondary N) is 1. The minimum absolute atomic E-state index is 0.0350. The topological polar surface area (TPSA) is 96.0 Å². The second-order valence-corrected chi connectivity index (χ2v) is 12.8. The van der Waals surface area contributed by atoms with Crippen molar-refractivity contribution in [1.82, 2.24) is 10.2 Å². The standard InChI is InChI=1S/C33H41N3O5S/c1-5-31(33(38)34-27-8-6-7-9-27)35(22-26-14-10-24(2)11-15-26)32(37)23-36(28-16-12-25(3)13-17-28)42(39,40)30-20-18-29(41-4)19-21-30/h10-21,27,31H,5-9,22-23H2,1-4H3,(H,34,38). The molecule has 1 atom stereocenters. The number of sulfonamides is 1. The molecule has 1 aliphatic carbocycles. The van der Waals surface area contributed by atoms with Gasteiger partial charge >= 0.3 is 0 Å². The van der Waals surface area contributed by atoms with Crippen LogP contribution < -0.4 is 14.4 Å². The fourth-order valence-electron chi connectivity index (χ4n) is 5.29. The van der Waals surface area contributed by atoms with E-state index in [0.29, 0.717) is 17.9 Å². The number of aryl methyl sites for hydroxylation is 2. The Bertz CT molecular complexity index is 1450. The summed E-state index contributed by atoms with van der Waals surface area (Å²) in [5.74, 6) is -0.137. The van der Waals surface area contributed by atoms with Crippen LogP contribution in [0.15, 0.2) is 77.7 Å². The Morgan fingerprint density at radius 3 is 2.02 bits per heavy atom. The zero-order chi connectivity index (χ0) is 30.3. The van der Waals surface area contributed by atoms with Gasteiger partial charge in [-0.2, -0.15) is 0 Å². The van der Waals surface area contributed by atoms with Gasteiger partial charge in [0.1, 0.15) is 18.3 Å². The number of ether oxygens (including phenoxy) is 1. The molecule has 4 rings (SSSR count). The normalized spacial score (nSPS) is 14.3. The molecule has 1 N–H and O–H groups in total. The highest BCUT2D eigenvalue weighted by atomic mass is 32.2. The Kier molecular flexibility index (Phi) is 10.3. The van der Waals surface area contributed by atoms with Crippen LogP contribution in [0.5, 0.6) is 5.75 Å². The third kappa shape index (κ3) is 7.50. The third-order valence-electron chi connectivity index (χ3n) is 7.81. The van der Waals surface area contributed by atoms with Crippen molar-refractivity contribution in [3.8, 4) is 5.75 Å². The van der Waals surface area contributed by atoms with E-state index in [-0.39, 0.29) is 23.4 Å². The molecule has 8 nitrogen and oxygen atoms in total. The van der Waals surface area contributed by atoms with Crippen LogP contribution in [0.2, 0.25) is 0 Å². The van der Waals surface area contributed by atoms with Crippen LogP contribution in [-0.2, 0) is 26.2 Å². The molecule has 0 aromatic heterocycles. The molecule has 0 radical (unpaired) electrons. The van der Waals surface area contributed by atoms with Crippen molar-refractivity contribution in [2.45, 2.75) is 76.4 Å². The molecule has 0 bridgehead atoms. The summed E-state index contributed by atoms with van der Waals surface area (Å²) in [5, 5.41) is 3.14. The largest absolute Gasteiger partial charge is 0.497 e. The summed E-state index contributed by atoms with van der Waals surface area (Å²) >= 11 is 0. The van der Waals surface area contributed by atoms with Crippen LogP contribution in [0.3, 0.4) is 0 Å². The Balaban J connectivity index is 1.70. The molecule has 0 spiro atoms. The molecule has 1 fully saturated rings. The lowest BCUT2D eigenvalue weighted by Crippen LogP contribution is -2.53. The summed E-state index contributed by atoms with van der Waals surface area (Å²) in [5.41, 5.74) is 3.27. The Morgan fingerprint density at radius 2 is 1.48 bits per heavy atom. The maximum atomic E-state index is 14.2. The van der Waals surface area contributed by atoms with E-state index in [1.807, 2.05) is 57.2 Å². The summed E-state index contributed by atoms with van der Waals surface area (Å²) < 4.78 is 34.3. The van der Waals surface area contributed by atoms with Gasteiger partial charge in [-0.05, 0) is 75.1 Å². The predicted molar refractivity (Wildman–Crippen MR) is 165 cm³/mol. The minimum atomic E-state index is -4.14. The van der Waals surface area contributed by atoms with Crippen molar-refractivity contribution in [3.05, 3.63) is 89.5 Å². The van der Waals surface area contributed by atoms with Crippen molar-refractivity contribution in [2.75, 3.05) is 18.0 Å². The molecule has 3 aromatic carbocycles. The highest BCUT2D eigenvalue weighted by Crippen LogP contribution is 2.27. The van der Waals surface area contributed by atoms with Crippen LogP contribution in [-0.4, -0.2) is 50.9 Å². The van der Waals surface area contributed by atoms with Crippen LogP contribution >= 0.6 is 0 Å². The molecule has 1 unspecified atom stereocenters. The van der Waals surface area contributed by atoms with Gasteiger partial charge in [-0.25, -0.2) is 8.42 Å². The number of benzene rings is 3. The summed E-state index contributed by atoms with van der Waals surface area (Å²) in [6, 6.07) is 20.2. The van der Waals surface area contributed by atoms with Gasteiger partial charge < -0.3 is 15.0 Å².